The van der Waals surface area contributed by atoms with Gasteiger partial charge in [0, 0.05) is 13.5 Å². The molecule has 1 rings (SSSR count). The van der Waals surface area contributed by atoms with Crippen molar-refractivity contribution < 1.29 is 23.9 Å². The van der Waals surface area contributed by atoms with E-state index in [1.807, 2.05) is 0 Å². The van der Waals surface area contributed by atoms with E-state index in [4.69, 9.17) is 0 Å². The highest BCUT2D eigenvalue weighted by Gasteiger charge is 2.34. The van der Waals surface area contributed by atoms with Crippen molar-refractivity contribution in [2.24, 2.45) is 5.92 Å². The molecule has 1 saturated heterocycles. The number of rotatable bonds is 6. The second-order valence-electron chi connectivity index (χ2n) is 6.35. The lowest BCUT2D eigenvalue weighted by Gasteiger charge is -2.25. The topological polar surface area (TPSA) is 105 Å². The summed E-state index contributed by atoms with van der Waals surface area (Å²) in [6, 6.07) is -2.14. The lowest BCUT2D eigenvalue weighted by molar-refractivity contribution is -0.146. The van der Waals surface area contributed by atoms with Crippen LogP contribution in [0.15, 0.2) is 0 Å². The minimum Gasteiger partial charge on any atom is -0.467 e. The Morgan fingerprint density at radius 3 is 2.25 bits per heavy atom. The molecule has 1 fully saturated rings. The summed E-state index contributed by atoms with van der Waals surface area (Å²) in [5.41, 5.74) is 0. The SMILES string of the molecule is COC(=O)[C@@H](NC(=O)[C@H](C)NC(=O)[C@@H]1CCCN1C(C)=O)C(C)C. The van der Waals surface area contributed by atoms with Crippen LogP contribution in [0.3, 0.4) is 0 Å². The van der Waals surface area contributed by atoms with E-state index in [0.29, 0.717) is 13.0 Å². The monoisotopic (exact) mass is 341 g/mol. The number of likely N-dealkylation sites (tertiary alicyclic amines) is 1. The molecule has 0 unspecified atom stereocenters. The van der Waals surface area contributed by atoms with Crippen LogP contribution >= 0.6 is 0 Å². The number of nitrogens with one attached hydrogen (secondary N) is 2. The fourth-order valence-corrected chi connectivity index (χ4v) is 2.69. The van der Waals surface area contributed by atoms with Gasteiger partial charge in [0.15, 0.2) is 0 Å². The Kier molecular flexibility index (Phi) is 7.18. The van der Waals surface area contributed by atoms with Crippen molar-refractivity contribution in [1.29, 1.82) is 0 Å². The molecule has 1 aliphatic heterocycles. The maximum absolute atomic E-state index is 12.3. The van der Waals surface area contributed by atoms with Crippen LogP contribution in [0.25, 0.3) is 0 Å². The van der Waals surface area contributed by atoms with Crippen LogP contribution in [-0.4, -0.2) is 60.4 Å². The summed E-state index contributed by atoms with van der Waals surface area (Å²) in [4.78, 5) is 49.3. The molecule has 0 saturated carbocycles. The average Bonchev–Trinajstić information content (AvgIpc) is 3.01. The first kappa shape index (κ1) is 19.9. The van der Waals surface area contributed by atoms with Crippen molar-refractivity contribution in [3.8, 4) is 0 Å². The number of carbonyl (C=O) groups is 4. The third-order valence-electron chi connectivity index (χ3n) is 4.13. The largest absolute Gasteiger partial charge is 0.467 e. The molecule has 3 amide bonds. The molecule has 0 aromatic heterocycles. The summed E-state index contributed by atoms with van der Waals surface area (Å²) in [5, 5.41) is 5.20. The van der Waals surface area contributed by atoms with Gasteiger partial charge in [-0.15, -0.1) is 0 Å². The molecular weight excluding hydrogens is 314 g/mol. The Bertz CT molecular complexity index is 506. The van der Waals surface area contributed by atoms with Crippen LogP contribution in [0.4, 0.5) is 0 Å². The third kappa shape index (κ3) is 4.94. The smallest absolute Gasteiger partial charge is 0.328 e. The zero-order valence-corrected chi connectivity index (χ0v) is 14.9. The van der Waals surface area contributed by atoms with Crippen LogP contribution < -0.4 is 10.6 Å². The molecule has 0 radical (unpaired) electrons. The molecule has 8 heteroatoms. The molecule has 8 nitrogen and oxygen atoms in total. The van der Waals surface area contributed by atoms with E-state index in [-0.39, 0.29) is 17.7 Å². The zero-order chi connectivity index (χ0) is 18.4. The number of ether oxygens (including phenoxy) is 1. The van der Waals surface area contributed by atoms with E-state index in [1.165, 1.54) is 25.9 Å². The number of nitrogens with zero attached hydrogens (tertiary/aromatic N) is 1. The molecule has 2 N–H and O–H groups in total. The second kappa shape index (κ2) is 8.65. The van der Waals surface area contributed by atoms with Crippen LogP contribution in [0.5, 0.6) is 0 Å². The van der Waals surface area contributed by atoms with Gasteiger partial charge in [-0.25, -0.2) is 4.79 Å². The Labute approximate surface area is 142 Å². The van der Waals surface area contributed by atoms with Gasteiger partial charge in [-0.05, 0) is 25.7 Å². The lowest BCUT2D eigenvalue weighted by Crippen LogP contribution is -2.55. The summed E-state index contributed by atoms with van der Waals surface area (Å²) >= 11 is 0. The highest BCUT2D eigenvalue weighted by molar-refractivity contribution is 5.93. The van der Waals surface area contributed by atoms with Crippen molar-refractivity contribution in [2.45, 2.75) is 58.7 Å². The van der Waals surface area contributed by atoms with Gasteiger partial charge in [0.25, 0.3) is 0 Å². The van der Waals surface area contributed by atoms with Gasteiger partial charge in [-0.3, -0.25) is 14.4 Å². The molecule has 24 heavy (non-hydrogen) atoms. The van der Waals surface area contributed by atoms with Gasteiger partial charge in [-0.1, -0.05) is 13.8 Å². The van der Waals surface area contributed by atoms with Gasteiger partial charge in [0.05, 0.1) is 7.11 Å². The van der Waals surface area contributed by atoms with E-state index in [1.54, 1.807) is 13.8 Å². The Morgan fingerprint density at radius 2 is 1.75 bits per heavy atom. The Morgan fingerprint density at radius 1 is 1.12 bits per heavy atom. The summed E-state index contributed by atoms with van der Waals surface area (Å²) in [5.74, 6) is -1.66. The molecule has 1 heterocycles. The molecule has 136 valence electrons. The van der Waals surface area contributed by atoms with Crippen molar-refractivity contribution in [3.05, 3.63) is 0 Å². The second-order valence-corrected chi connectivity index (χ2v) is 6.35. The fourth-order valence-electron chi connectivity index (χ4n) is 2.69. The number of esters is 1. The Hall–Kier alpha value is -2.12. The number of hydrogen-bond donors (Lipinski definition) is 2. The van der Waals surface area contributed by atoms with Crippen LogP contribution in [0.2, 0.25) is 0 Å². The molecule has 0 spiro atoms. The summed E-state index contributed by atoms with van der Waals surface area (Å²) in [7, 11) is 1.26. The molecule has 0 aromatic carbocycles. The first-order valence-electron chi connectivity index (χ1n) is 8.14. The van der Waals surface area contributed by atoms with Crippen molar-refractivity contribution in [1.82, 2.24) is 15.5 Å². The van der Waals surface area contributed by atoms with E-state index in [9.17, 15) is 19.2 Å². The first-order valence-corrected chi connectivity index (χ1v) is 8.14. The van der Waals surface area contributed by atoms with Crippen LogP contribution in [0, 0.1) is 5.92 Å². The minimum atomic E-state index is -0.821. The standard InChI is InChI=1S/C16H27N3O5/c1-9(2)13(16(23)24-5)18-14(21)10(3)17-15(22)12-7-6-8-19(12)11(4)20/h9-10,12-13H,6-8H2,1-5H3,(H,17,22)(H,18,21)/t10-,12-,13-/m0/s1. The van der Waals surface area contributed by atoms with E-state index in [2.05, 4.69) is 15.4 Å². The van der Waals surface area contributed by atoms with E-state index >= 15 is 0 Å². The van der Waals surface area contributed by atoms with Gasteiger partial charge < -0.3 is 20.3 Å². The molecule has 3 atom stereocenters. The highest BCUT2D eigenvalue weighted by atomic mass is 16.5. The Balaban J connectivity index is 2.64. The van der Waals surface area contributed by atoms with Crippen molar-refractivity contribution in [3.63, 3.8) is 0 Å². The van der Waals surface area contributed by atoms with Crippen molar-refractivity contribution >= 4 is 23.7 Å². The maximum Gasteiger partial charge on any atom is 0.328 e. The summed E-state index contributed by atoms with van der Waals surface area (Å²) < 4.78 is 4.67. The van der Waals surface area contributed by atoms with Gasteiger partial charge in [-0.2, -0.15) is 0 Å². The lowest BCUT2D eigenvalue weighted by atomic mass is 10.0. The number of hydrogen-bond acceptors (Lipinski definition) is 5. The summed E-state index contributed by atoms with van der Waals surface area (Å²) in [6.07, 6.45) is 1.34. The predicted octanol–water partition coefficient (Wildman–Crippen LogP) is -0.184. The zero-order valence-electron chi connectivity index (χ0n) is 14.9. The fraction of sp³-hybridized carbons (Fsp3) is 0.750. The van der Waals surface area contributed by atoms with Gasteiger partial charge >= 0.3 is 5.97 Å². The van der Waals surface area contributed by atoms with Crippen LogP contribution in [-0.2, 0) is 23.9 Å². The van der Waals surface area contributed by atoms with E-state index in [0.717, 1.165) is 6.42 Å². The first-order chi connectivity index (χ1) is 11.2. The number of amides is 3. The average molecular weight is 341 g/mol. The van der Waals surface area contributed by atoms with E-state index < -0.39 is 30.0 Å². The quantitative estimate of drug-likeness (QED) is 0.652. The minimum absolute atomic E-state index is 0.146. The van der Waals surface area contributed by atoms with Gasteiger partial charge in [0.1, 0.15) is 18.1 Å². The number of methoxy groups -OCH3 is 1. The number of carbonyl (C=O) groups excluding carboxylic acids is 4. The highest BCUT2D eigenvalue weighted by Crippen LogP contribution is 2.17. The third-order valence-corrected chi connectivity index (χ3v) is 4.13. The predicted molar refractivity (Wildman–Crippen MR) is 86.8 cm³/mol. The normalized spacial score (nSPS) is 19.6. The molecule has 0 aliphatic carbocycles. The maximum atomic E-state index is 12.3. The molecule has 0 aromatic rings. The summed E-state index contributed by atoms with van der Waals surface area (Å²) in [6.45, 7) is 7.08. The molecule has 1 aliphatic rings. The molecule has 0 bridgehead atoms. The molecular formula is C16H27N3O5. The van der Waals surface area contributed by atoms with Crippen LogP contribution in [0.1, 0.15) is 40.5 Å². The van der Waals surface area contributed by atoms with Crippen molar-refractivity contribution in [2.75, 3.05) is 13.7 Å². The van der Waals surface area contributed by atoms with Gasteiger partial charge in [0.2, 0.25) is 17.7 Å².